The second kappa shape index (κ2) is 12.1. The molecule has 0 aliphatic carbocycles. The van der Waals surface area contributed by atoms with E-state index in [0.29, 0.717) is 18.3 Å². The van der Waals surface area contributed by atoms with Gasteiger partial charge in [0, 0.05) is 23.7 Å². The Bertz CT molecular complexity index is 1220. The van der Waals surface area contributed by atoms with Gasteiger partial charge < -0.3 is 15.5 Å². The highest BCUT2D eigenvalue weighted by atomic mass is 16.2. The summed E-state index contributed by atoms with van der Waals surface area (Å²) in [7, 11) is 0. The first-order chi connectivity index (χ1) is 17.5. The van der Waals surface area contributed by atoms with E-state index in [-0.39, 0.29) is 23.9 Å². The zero-order chi connectivity index (χ0) is 27.2. The van der Waals surface area contributed by atoms with Crippen molar-refractivity contribution in [2.75, 3.05) is 23.7 Å². The molecule has 198 valence electrons. The minimum atomic E-state index is -0.278. The van der Waals surface area contributed by atoms with Gasteiger partial charge in [-0.15, -0.1) is 0 Å². The van der Waals surface area contributed by atoms with Crippen LogP contribution in [0, 0.1) is 12.8 Å². The topological polar surface area (TPSA) is 79.3 Å². The summed E-state index contributed by atoms with van der Waals surface area (Å²) in [6.45, 7) is 15.0. The molecule has 0 saturated heterocycles. The first kappa shape index (κ1) is 28.0. The third kappa shape index (κ3) is 7.68. The lowest BCUT2D eigenvalue weighted by Crippen LogP contribution is -2.41. The number of urea groups is 1. The highest BCUT2D eigenvalue weighted by Gasteiger charge is 2.23. The van der Waals surface area contributed by atoms with Crippen LogP contribution in [0.25, 0.3) is 5.69 Å². The predicted molar refractivity (Wildman–Crippen MR) is 151 cm³/mol. The van der Waals surface area contributed by atoms with Crippen molar-refractivity contribution in [2.45, 2.75) is 66.7 Å². The number of nitrogens with one attached hydrogen (secondary N) is 2. The molecule has 2 aromatic carbocycles. The molecule has 0 bridgehead atoms. The van der Waals surface area contributed by atoms with Crippen LogP contribution in [-0.2, 0) is 16.6 Å². The summed E-state index contributed by atoms with van der Waals surface area (Å²) < 4.78 is 1.77. The van der Waals surface area contributed by atoms with E-state index in [2.05, 4.69) is 52.2 Å². The van der Waals surface area contributed by atoms with E-state index in [9.17, 15) is 9.59 Å². The molecule has 1 aromatic heterocycles. The summed E-state index contributed by atoms with van der Waals surface area (Å²) in [6.07, 6.45) is 1.60. The molecule has 3 amide bonds. The molecule has 7 heteroatoms. The van der Waals surface area contributed by atoms with E-state index in [1.54, 1.807) is 9.58 Å². The summed E-state index contributed by atoms with van der Waals surface area (Å²) in [5.74, 6) is 0.719. The number of hydrogen-bond donors (Lipinski definition) is 2. The molecule has 0 aliphatic heterocycles. The SMILES string of the molecule is CCc1ccccc1NC(=O)N(CCC(C)C)CC(=O)Nc1cc(C(C)(C)C)nn1-c1cccc(C)c1. The van der Waals surface area contributed by atoms with Crippen LogP contribution in [0.4, 0.5) is 16.3 Å². The van der Waals surface area contributed by atoms with Gasteiger partial charge in [0.05, 0.1) is 11.4 Å². The normalized spacial score (nSPS) is 11.5. The summed E-state index contributed by atoms with van der Waals surface area (Å²) in [6, 6.07) is 17.4. The van der Waals surface area contributed by atoms with Crippen molar-refractivity contribution in [3.05, 3.63) is 71.4 Å². The smallest absolute Gasteiger partial charge is 0.315 e. The molecule has 0 unspecified atom stereocenters. The van der Waals surface area contributed by atoms with Gasteiger partial charge in [0.1, 0.15) is 12.4 Å². The van der Waals surface area contributed by atoms with Crippen molar-refractivity contribution in [1.29, 1.82) is 0 Å². The molecule has 2 N–H and O–H groups in total. The fourth-order valence-electron chi connectivity index (χ4n) is 3.96. The maximum absolute atomic E-state index is 13.3. The lowest BCUT2D eigenvalue weighted by Gasteiger charge is -2.24. The zero-order valence-corrected chi connectivity index (χ0v) is 23.3. The van der Waals surface area contributed by atoms with Crippen molar-refractivity contribution < 1.29 is 9.59 Å². The van der Waals surface area contributed by atoms with Gasteiger partial charge in [0.15, 0.2) is 0 Å². The maximum atomic E-state index is 13.3. The quantitative estimate of drug-likeness (QED) is 0.347. The second-order valence-corrected chi connectivity index (χ2v) is 11.0. The fraction of sp³-hybridized carbons (Fsp3) is 0.433. The highest BCUT2D eigenvalue weighted by Crippen LogP contribution is 2.26. The largest absolute Gasteiger partial charge is 0.322 e. The van der Waals surface area contributed by atoms with E-state index >= 15 is 0 Å². The molecule has 0 atom stereocenters. The van der Waals surface area contributed by atoms with Crippen molar-refractivity contribution in [1.82, 2.24) is 14.7 Å². The number of hydrogen-bond acceptors (Lipinski definition) is 3. The number of rotatable bonds is 9. The Hall–Kier alpha value is -3.61. The van der Waals surface area contributed by atoms with Crippen LogP contribution in [0.3, 0.4) is 0 Å². The summed E-state index contributed by atoms with van der Waals surface area (Å²) in [5.41, 5.74) is 4.49. The Kier molecular flexibility index (Phi) is 9.14. The second-order valence-electron chi connectivity index (χ2n) is 11.0. The standard InChI is InChI=1S/C30H41N5O2/c1-8-23-13-9-10-15-25(23)31-29(37)34(17-16-21(2)3)20-28(36)32-27-19-26(30(5,6)7)33-35(27)24-14-11-12-22(4)18-24/h9-15,18-19,21H,8,16-17,20H2,1-7H3,(H,31,37)(H,32,36). The van der Waals surface area contributed by atoms with E-state index in [4.69, 9.17) is 5.10 Å². The van der Waals surface area contributed by atoms with Crippen LogP contribution < -0.4 is 10.6 Å². The number of para-hydroxylation sites is 1. The molecule has 37 heavy (non-hydrogen) atoms. The van der Waals surface area contributed by atoms with E-state index in [1.807, 2.05) is 61.5 Å². The Morgan fingerprint density at radius 1 is 1.03 bits per heavy atom. The molecule has 3 rings (SSSR count). The molecule has 3 aromatic rings. The van der Waals surface area contributed by atoms with E-state index < -0.39 is 0 Å². The maximum Gasteiger partial charge on any atom is 0.322 e. The molecule has 7 nitrogen and oxygen atoms in total. The van der Waals surface area contributed by atoms with Gasteiger partial charge >= 0.3 is 6.03 Å². The Morgan fingerprint density at radius 2 is 1.76 bits per heavy atom. The van der Waals surface area contributed by atoms with Gasteiger partial charge in [-0.1, -0.05) is 71.9 Å². The van der Waals surface area contributed by atoms with E-state index in [0.717, 1.165) is 41.0 Å². The third-order valence-electron chi connectivity index (χ3n) is 6.23. The minimum absolute atomic E-state index is 0.0588. The number of nitrogens with zero attached hydrogens (tertiary/aromatic N) is 3. The average Bonchev–Trinajstić information content (AvgIpc) is 3.26. The summed E-state index contributed by atoms with van der Waals surface area (Å²) >= 11 is 0. The summed E-state index contributed by atoms with van der Waals surface area (Å²) in [5, 5.41) is 10.8. The Balaban J connectivity index is 1.83. The van der Waals surface area contributed by atoms with Gasteiger partial charge in [0.2, 0.25) is 5.91 Å². The minimum Gasteiger partial charge on any atom is -0.315 e. The van der Waals surface area contributed by atoms with Crippen molar-refractivity contribution in [2.24, 2.45) is 5.92 Å². The zero-order valence-electron chi connectivity index (χ0n) is 23.3. The lowest BCUT2D eigenvalue weighted by atomic mass is 9.92. The fourth-order valence-corrected chi connectivity index (χ4v) is 3.96. The van der Waals surface area contributed by atoms with Gasteiger partial charge in [-0.25, -0.2) is 9.48 Å². The average molecular weight is 504 g/mol. The monoisotopic (exact) mass is 503 g/mol. The number of aryl methyl sites for hydroxylation is 2. The van der Waals surface area contributed by atoms with Gasteiger partial charge in [-0.3, -0.25) is 4.79 Å². The number of carbonyl (C=O) groups is 2. The van der Waals surface area contributed by atoms with Crippen molar-refractivity contribution >= 4 is 23.4 Å². The first-order valence-corrected chi connectivity index (χ1v) is 13.1. The lowest BCUT2D eigenvalue weighted by molar-refractivity contribution is -0.116. The van der Waals surface area contributed by atoms with Gasteiger partial charge in [-0.2, -0.15) is 5.10 Å². The third-order valence-corrected chi connectivity index (χ3v) is 6.23. The van der Waals surface area contributed by atoms with Crippen LogP contribution in [0.1, 0.15) is 64.8 Å². The number of aromatic nitrogens is 2. The summed E-state index contributed by atoms with van der Waals surface area (Å²) in [4.78, 5) is 28.1. The molecule has 0 saturated carbocycles. The molecule has 0 fully saturated rings. The van der Waals surface area contributed by atoms with Crippen molar-refractivity contribution in [3.8, 4) is 5.69 Å². The Labute approximate surface area is 221 Å². The van der Waals surface area contributed by atoms with Crippen LogP contribution in [0.15, 0.2) is 54.6 Å². The number of amides is 3. The first-order valence-electron chi connectivity index (χ1n) is 13.1. The van der Waals surface area contributed by atoms with Crippen LogP contribution >= 0.6 is 0 Å². The van der Waals surface area contributed by atoms with Crippen LogP contribution in [0.2, 0.25) is 0 Å². The molecular weight excluding hydrogens is 462 g/mol. The van der Waals surface area contributed by atoms with Crippen LogP contribution in [-0.4, -0.2) is 39.7 Å². The van der Waals surface area contributed by atoms with Crippen molar-refractivity contribution in [3.63, 3.8) is 0 Å². The van der Waals surface area contributed by atoms with E-state index in [1.165, 1.54) is 0 Å². The number of carbonyl (C=O) groups excluding carboxylic acids is 2. The highest BCUT2D eigenvalue weighted by molar-refractivity contribution is 5.97. The Morgan fingerprint density at radius 3 is 2.41 bits per heavy atom. The van der Waals surface area contributed by atoms with Crippen LogP contribution in [0.5, 0.6) is 0 Å². The predicted octanol–water partition coefficient (Wildman–Crippen LogP) is 6.56. The molecule has 1 heterocycles. The molecular formula is C30H41N5O2. The van der Waals surface area contributed by atoms with Gasteiger partial charge in [0.25, 0.3) is 0 Å². The molecule has 0 spiro atoms. The number of anilines is 2. The van der Waals surface area contributed by atoms with Gasteiger partial charge in [-0.05, 0) is 55.0 Å². The molecule has 0 radical (unpaired) electrons. The molecule has 0 aliphatic rings. The number of benzene rings is 2.